The quantitative estimate of drug-likeness (QED) is 0.700. The molecule has 2 aromatic rings. The van der Waals surface area contributed by atoms with Gasteiger partial charge in [0.1, 0.15) is 0 Å². The van der Waals surface area contributed by atoms with Crippen molar-refractivity contribution in [3.63, 3.8) is 0 Å². The largest absolute Gasteiger partial charge is 0.0622 e. The van der Waals surface area contributed by atoms with Gasteiger partial charge in [0.05, 0.1) is 0 Å². The molecule has 1 aliphatic rings. The van der Waals surface area contributed by atoms with Gasteiger partial charge in [-0.25, -0.2) is 0 Å². The lowest BCUT2D eigenvalue weighted by Gasteiger charge is -2.42. The Labute approximate surface area is 96.9 Å². The first-order valence-electron chi connectivity index (χ1n) is 5.78. The van der Waals surface area contributed by atoms with Crippen LogP contribution in [0.25, 0.3) is 0 Å². The first-order chi connectivity index (χ1) is 7.92. The highest BCUT2D eigenvalue weighted by Crippen LogP contribution is 2.47. The van der Waals surface area contributed by atoms with E-state index < -0.39 is 0 Å². The molecule has 0 amide bonds. The number of rotatable bonds is 2. The van der Waals surface area contributed by atoms with Crippen LogP contribution in [-0.4, -0.2) is 0 Å². The minimum atomic E-state index is 0.0581. The van der Waals surface area contributed by atoms with Crippen LogP contribution in [0.15, 0.2) is 60.7 Å². The van der Waals surface area contributed by atoms with Crippen LogP contribution in [0.3, 0.4) is 0 Å². The molecule has 2 aromatic carbocycles. The summed E-state index contributed by atoms with van der Waals surface area (Å²) in [5.41, 5.74) is 2.79. The summed E-state index contributed by atoms with van der Waals surface area (Å²) in [5, 5.41) is 0. The van der Waals surface area contributed by atoms with Gasteiger partial charge in [-0.15, -0.1) is 0 Å². The minimum Gasteiger partial charge on any atom is -0.0622 e. The summed E-state index contributed by atoms with van der Waals surface area (Å²) >= 11 is 0. The predicted octanol–water partition coefficient (Wildman–Crippen LogP) is 3.85. The Morgan fingerprint density at radius 3 is 1.50 bits per heavy atom. The van der Waals surface area contributed by atoms with E-state index in [0.29, 0.717) is 0 Å². The zero-order valence-corrected chi connectivity index (χ0v) is 9.19. The summed E-state index contributed by atoms with van der Waals surface area (Å²) in [5.74, 6) is 0. The topological polar surface area (TPSA) is 0 Å². The van der Waals surface area contributed by atoms with E-state index in [-0.39, 0.29) is 5.41 Å². The lowest BCUT2D eigenvalue weighted by Crippen LogP contribution is -2.36. The van der Waals surface area contributed by atoms with E-state index >= 15 is 0 Å². The molecule has 0 atom stereocenters. The third-order valence-corrected chi connectivity index (χ3v) is 3.46. The predicted molar refractivity (Wildman–Crippen MR) is 66.1 cm³/mol. The maximum absolute atomic E-state index is 3.59. The molecule has 0 nitrogen and oxygen atoms in total. The molecule has 0 unspecified atom stereocenters. The standard InChI is InChI=1S/C16H14/c1-3-8-14(9-4-1)16(12-7-13-16)15-10-5-2-6-11-15/h1-6,8-11H,7,12H2. The van der Waals surface area contributed by atoms with Gasteiger partial charge in [-0.2, -0.15) is 0 Å². The van der Waals surface area contributed by atoms with Crippen molar-refractivity contribution in [3.8, 4) is 0 Å². The van der Waals surface area contributed by atoms with Gasteiger partial charge in [-0.3, -0.25) is 0 Å². The summed E-state index contributed by atoms with van der Waals surface area (Å²) in [4.78, 5) is 0. The summed E-state index contributed by atoms with van der Waals surface area (Å²) in [6.07, 6.45) is 5.87. The Balaban J connectivity index is 2.08. The first kappa shape index (κ1) is 9.65. The van der Waals surface area contributed by atoms with Crippen LogP contribution in [-0.2, 0) is 5.41 Å². The van der Waals surface area contributed by atoms with Crippen molar-refractivity contribution >= 4 is 0 Å². The summed E-state index contributed by atoms with van der Waals surface area (Å²) < 4.78 is 0. The molecule has 0 aromatic heterocycles. The molecule has 0 heteroatoms. The van der Waals surface area contributed by atoms with Gasteiger partial charge < -0.3 is 0 Å². The molecule has 0 heterocycles. The van der Waals surface area contributed by atoms with E-state index in [1.54, 1.807) is 0 Å². The van der Waals surface area contributed by atoms with Crippen LogP contribution in [0.2, 0.25) is 0 Å². The maximum atomic E-state index is 3.59. The molecule has 1 fully saturated rings. The second-order valence-corrected chi connectivity index (χ2v) is 4.31. The van der Waals surface area contributed by atoms with Crippen molar-refractivity contribution in [1.82, 2.24) is 0 Å². The van der Waals surface area contributed by atoms with Gasteiger partial charge in [0.25, 0.3) is 0 Å². The van der Waals surface area contributed by atoms with Crippen molar-refractivity contribution in [1.29, 1.82) is 0 Å². The van der Waals surface area contributed by atoms with Gasteiger partial charge >= 0.3 is 0 Å². The van der Waals surface area contributed by atoms with Crippen LogP contribution >= 0.6 is 0 Å². The highest BCUT2D eigenvalue weighted by Gasteiger charge is 2.40. The highest BCUT2D eigenvalue weighted by atomic mass is 14.4. The average molecular weight is 206 g/mol. The van der Waals surface area contributed by atoms with E-state index in [4.69, 9.17) is 0 Å². The van der Waals surface area contributed by atoms with Crippen molar-refractivity contribution in [2.45, 2.75) is 18.3 Å². The van der Waals surface area contributed by atoms with Crippen molar-refractivity contribution in [3.05, 3.63) is 78.2 Å². The minimum absolute atomic E-state index is 0.0581. The second kappa shape index (κ2) is 3.79. The van der Waals surface area contributed by atoms with Crippen molar-refractivity contribution < 1.29 is 0 Å². The zero-order valence-electron chi connectivity index (χ0n) is 9.19. The van der Waals surface area contributed by atoms with Gasteiger partial charge in [-0.1, -0.05) is 60.7 Å². The smallest absolute Gasteiger partial charge is 0.0271 e. The van der Waals surface area contributed by atoms with E-state index in [1.165, 1.54) is 17.5 Å². The third kappa shape index (κ3) is 1.37. The van der Waals surface area contributed by atoms with Crippen molar-refractivity contribution in [2.24, 2.45) is 0 Å². The Bertz CT molecular complexity index is 410. The molecule has 0 spiro atoms. The average Bonchev–Trinajstić information content (AvgIpc) is 2.31. The SMILES string of the molecule is [C]1CCC1(c1ccccc1)c1ccccc1. The molecule has 78 valence electrons. The molecule has 0 N–H and O–H groups in total. The van der Waals surface area contributed by atoms with Gasteiger partial charge in [0, 0.05) is 5.41 Å². The second-order valence-electron chi connectivity index (χ2n) is 4.31. The van der Waals surface area contributed by atoms with Gasteiger partial charge in [0.2, 0.25) is 0 Å². The monoisotopic (exact) mass is 206 g/mol. The van der Waals surface area contributed by atoms with Gasteiger partial charge in [-0.05, 0) is 30.4 Å². The zero-order chi connectivity index (χ0) is 10.8. The maximum Gasteiger partial charge on any atom is 0.0271 e. The molecular formula is C16H14. The van der Waals surface area contributed by atoms with Crippen molar-refractivity contribution in [2.75, 3.05) is 0 Å². The molecular weight excluding hydrogens is 192 g/mol. The molecule has 3 rings (SSSR count). The Hall–Kier alpha value is -1.56. The number of hydrogen-bond donors (Lipinski definition) is 0. The number of benzene rings is 2. The normalized spacial score (nSPS) is 17.8. The lowest BCUT2D eigenvalue weighted by atomic mass is 9.61. The fourth-order valence-corrected chi connectivity index (χ4v) is 2.48. The third-order valence-electron chi connectivity index (χ3n) is 3.46. The molecule has 0 saturated heterocycles. The Kier molecular flexibility index (Phi) is 2.28. The molecule has 0 aliphatic heterocycles. The first-order valence-corrected chi connectivity index (χ1v) is 5.78. The van der Waals surface area contributed by atoms with E-state index in [9.17, 15) is 0 Å². The highest BCUT2D eigenvalue weighted by molar-refractivity contribution is 5.45. The van der Waals surface area contributed by atoms with Crippen LogP contribution in [0.4, 0.5) is 0 Å². The molecule has 16 heavy (non-hydrogen) atoms. The van der Waals surface area contributed by atoms with Crippen LogP contribution < -0.4 is 0 Å². The van der Waals surface area contributed by atoms with Crippen LogP contribution in [0.5, 0.6) is 0 Å². The Morgan fingerprint density at radius 2 is 1.19 bits per heavy atom. The molecule has 0 bridgehead atoms. The van der Waals surface area contributed by atoms with Gasteiger partial charge in [0.15, 0.2) is 0 Å². The lowest BCUT2D eigenvalue weighted by molar-refractivity contribution is 0.418. The summed E-state index contributed by atoms with van der Waals surface area (Å²) in [7, 11) is 0. The molecule has 1 saturated carbocycles. The van der Waals surface area contributed by atoms with Crippen LogP contribution in [0.1, 0.15) is 24.0 Å². The molecule has 1 aliphatic carbocycles. The van der Waals surface area contributed by atoms with E-state index in [2.05, 4.69) is 67.1 Å². The number of hydrogen-bond acceptors (Lipinski definition) is 0. The van der Waals surface area contributed by atoms with E-state index in [0.717, 1.165) is 6.42 Å². The summed E-state index contributed by atoms with van der Waals surface area (Å²) in [6, 6.07) is 21.4. The van der Waals surface area contributed by atoms with E-state index in [1.807, 2.05) is 0 Å². The fourth-order valence-electron chi connectivity index (χ4n) is 2.48. The fraction of sp³-hybridized carbons (Fsp3) is 0.188. The summed E-state index contributed by atoms with van der Waals surface area (Å²) in [6.45, 7) is 0. The Morgan fingerprint density at radius 1 is 0.750 bits per heavy atom. The molecule has 2 radical (unpaired) electrons. The van der Waals surface area contributed by atoms with Crippen LogP contribution in [0, 0.1) is 6.42 Å².